The number of pyridine rings is 2. The second kappa shape index (κ2) is 9.05. The van der Waals surface area contributed by atoms with Crippen molar-refractivity contribution in [3.05, 3.63) is 102 Å². The summed E-state index contributed by atoms with van der Waals surface area (Å²) in [5.41, 5.74) is 9.04. The van der Waals surface area contributed by atoms with Gasteiger partial charge in [-0.25, -0.2) is 4.98 Å². The quantitative estimate of drug-likeness (QED) is 0.468. The Morgan fingerprint density at radius 2 is 1.90 bits per heavy atom. The van der Waals surface area contributed by atoms with Crippen molar-refractivity contribution in [1.29, 1.82) is 0 Å². The van der Waals surface area contributed by atoms with Crippen molar-refractivity contribution in [2.75, 3.05) is 11.9 Å². The molecule has 3 aromatic heterocycles. The lowest BCUT2D eigenvalue weighted by Gasteiger charge is -2.19. The van der Waals surface area contributed by atoms with Crippen molar-refractivity contribution in [3.63, 3.8) is 0 Å². The van der Waals surface area contributed by atoms with Crippen LogP contribution in [0, 0.1) is 0 Å². The van der Waals surface area contributed by atoms with E-state index in [9.17, 15) is 4.79 Å². The van der Waals surface area contributed by atoms with Gasteiger partial charge in [0.15, 0.2) is 0 Å². The number of nitrogens with two attached hydrogens (primary N) is 1. The number of aromatic nitrogens is 2. The number of rotatable bonds is 8. The van der Waals surface area contributed by atoms with Gasteiger partial charge in [0.1, 0.15) is 11.6 Å². The highest BCUT2D eigenvalue weighted by atomic mass is 16.3. The molecular weight excluding hydrogens is 376 g/mol. The monoisotopic (exact) mass is 398 g/mol. The minimum absolute atomic E-state index is 0.452. The van der Waals surface area contributed by atoms with E-state index in [0.29, 0.717) is 18.8 Å². The largest absolute Gasteiger partial charge is 0.469 e. The minimum atomic E-state index is -0.651. The van der Waals surface area contributed by atoms with Crippen molar-refractivity contribution in [2.45, 2.75) is 12.3 Å². The third-order valence-corrected chi connectivity index (χ3v) is 4.85. The molecule has 1 aromatic carbocycles. The number of furan rings is 1. The molecule has 0 radical (unpaired) electrons. The van der Waals surface area contributed by atoms with Crippen LogP contribution in [-0.4, -0.2) is 22.4 Å². The van der Waals surface area contributed by atoms with Crippen LogP contribution in [0.1, 0.15) is 22.8 Å². The Hall–Kier alpha value is -3.93. The molecule has 4 aromatic rings. The van der Waals surface area contributed by atoms with Gasteiger partial charge in [-0.15, -0.1) is 0 Å². The Morgan fingerprint density at radius 1 is 1.03 bits per heavy atom. The lowest BCUT2D eigenvalue weighted by Crippen LogP contribution is -2.24. The fourth-order valence-electron chi connectivity index (χ4n) is 3.42. The number of primary amides is 1. The van der Waals surface area contributed by atoms with Gasteiger partial charge in [-0.05, 0) is 29.8 Å². The van der Waals surface area contributed by atoms with Crippen molar-refractivity contribution in [2.24, 2.45) is 5.73 Å². The number of carbonyl (C=O) groups is 1. The van der Waals surface area contributed by atoms with Gasteiger partial charge in [-0.1, -0.05) is 42.5 Å². The second-order valence-corrected chi connectivity index (χ2v) is 6.88. The normalized spacial score (nSPS) is 11.7. The first kappa shape index (κ1) is 19.4. The molecule has 0 bridgehead atoms. The molecular formula is C24H22N4O2. The van der Waals surface area contributed by atoms with Gasteiger partial charge in [0.25, 0.3) is 0 Å². The molecule has 0 aliphatic heterocycles. The third kappa shape index (κ3) is 4.38. The molecule has 0 fully saturated rings. The van der Waals surface area contributed by atoms with E-state index in [0.717, 1.165) is 28.1 Å². The number of carbonyl (C=O) groups excluding carboxylic acids is 1. The zero-order valence-electron chi connectivity index (χ0n) is 16.4. The molecule has 0 aliphatic rings. The van der Waals surface area contributed by atoms with E-state index in [-0.39, 0.29) is 0 Å². The molecule has 3 heterocycles. The van der Waals surface area contributed by atoms with Crippen LogP contribution in [0.5, 0.6) is 0 Å². The van der Waals surface area contributed by atoms with Gasteiger partial charge in [-0.3, -0.25) is 9.78 Å². The maximum atomic E-state index is 12.4. The fourth-order valence-corrected chi connectivity index (χ4v) is 3.42. The summed E-state index contributed by atoms with van der Waals surface area (Å²) in [6, 6.07) is 21.2. The second-order valence-electron chi connectivity index (χ2n) is 6.88. The maximum Gasteiger partial charge on any atom is 0.229 e. The van der Waals surface area contributed by atoms with Crippen LogP contribution < -0.4 is 11.1 Å². The molecule has 3 N–H and O–H groups in total. The minimum Gasteiger partial charge on any atom is -0.469 e. The number of hydrogen-bond donors (Lipinski definition) is 2. The number of anilines is 1. The summed E-state index contributed by atoms with van der Waals surface area (Å²) in [6.07, 6.45) is 5.67. The average Bonchev–Trinajstić information content (AvgIpc) is 3.29. The Balaban J connectivity index is 1.71. The Bertz CT molecular complexity index is 1100. The summed E-state index contributed by atoms with van der Waals surface area (Å²) < 4.78 is 5.41. The van der Waals surface area contributed by atoms with E-state index in [1.807, 2.05) is 60.7 Å². The molecule has 0 saturated carbocycles. The van der Waals surface area contributed by atoms with Crippen LogP contribution >= 0.6 is 0 Å². The van der Waals surface area contributed by atoms with E-state index < -0.39 is 11.8 Å². The van der Waals surface area contributed by atoms with Crippen LogP contribution in [0.15, 0.2) is 89.8 Å². The van der Waals surface area contributed by atoms with E-state index in [1.54, 1.807) is 24.7 Å². The predicted molar refractivity (Wildman–Crippen MR) is 116 cm³/mol. The molecule has 1 atom stereocenters. The van der Waals surface area contributed by atoms with Crippen LogP contribution in [0.4, 0.5) is 5.82 Å². The topological polar surface area (TPSA) is 94.0 Å². The maximum absolute atomic E-state index is 12.4. The summed E-state index contributed by atoms with van der Waals surface area (Å²) in [5.74, 6) is 0.394. The summed E-state index contributed by atoms with van der Waals surface area (Å²) in [4.78, 5) is 21.4. The zero-order chi connectivity index (χ0) is 20.8. The van der Waals surface area contributed by atoms with Gasteiger partial charge >= 0.3 is 0 Å². The lowest BCUT2D eigenvalue weighted by molar-refractivity contribution is -0.118. The van der Waals surface area contributed by atoms with Gasteiger partial charge in [0.05, 0.1) is 17.9 Å². The van der Waals surface area contributed by atoms with Crippen LogP contribution in [0.3, 0.4) is 0 Å². The molecule has 150 valence electrons. The highest BCUT2D eigenvalue weighted by Gasteiger charge is 2.24. The number of hydrogen-bond acceptors (Lipinski definition) is 5. The SMILES string of the molecule is NC(=O)C(c1cccnc1)c1ccc(-c2ccccc2)nc1NCCc1ccco1. The summed E-state index contributed by atoms with van der Waals surface area (Å²) in [6.45, 7) is 0.601. The van der Waals surface area contributed by atoms with Gasteiger partial charge < -0.3 is 15.5 Å². The molecule has 0 saturated heterocycles. The molecule has 1 amide bonds. The highest BCUT2D eigenvalue weighted by molar-refractivity contribution is 5.87. The lowest BCUT2D eigenvalue weighted by atomic mass is 9.91. The molecule has 0 spiro atoms. The van der Waals surface area contributed by atoms with Gasteiger partial charge in [0, 0.05) is 36.5 Å². The van der Waals surface area contributed by atoms with Crippen molar-refractivity contribution >= 4 is 11.7 Å². The molecule has 30 heavy (non-hydrogen) atoms. The number of nitrogens with zero attached hydrogens (tertiary/aromatic N) is 2. The predicted octanol–water partition coefficient (Wildman–Crippen LogP) is 4.01. The van der Waals surface area contributed by atoms with E-state index in [1.165, 1.54) is 0 Å². The van der Waals surface area contributed by atoms with Crippen LogP contribution in [-0.2, 0) is 11.2 Å². The van der Waals surface area contributed by atoms with Crippen LogP contribution in [0.2, 0.25) is 0 Å². The van der Waals surface area contributed by atoms with E-state index in [4.69, 9.17) is 15.1 Å². The smallest absolute Gasteiger partial charge is 0.229 e. The van der Waals surface area contributed by atoms with Crippen molar-refractivity contribution in [1.82, 2.24) is 9.97 Å². The highest BCUT2D eigenvalue weighted by Crippen LogP contribution is 2.31. The molecule has 4 rings (SSSR count). The average molecular weight is 398 g/mol. The first-order chi connectivity index (χ1) is 14.7. The number of amides is 1. The van der Waals surface area contributed by atoms with Gasteiger partial charge in [0.2, 0.25) is 5.91 Å². The number of benzene rings is 1. The third-order valence-electron chi connectivity index (χ3n) is 4.85. The van der Waals surface area contributed by atoms with Gasteiger partial charge in [-0.2, -0.15) is 0 Å². The van der Waals surface area contributed by atoms with Crippen molar-refractivity contribution < 1.29 is 9.21 Å². The van der Waals surface area contributed by atoms with E-state index >= 15 is 0 Å². The number of nitrogens with one attached hydrogen (secondary N) is 1. The fraction of sp³-hybridized carbons (Fsp3) is 0.125. The first-order valence-corrected chi connectivity index (χ1v) is 9.74. The van der Waals surface area contributed by atoms with Crippen LogP contribution in [0.25, 0.3) is 11.3 Å². The standard InChI is InChI=1S/C24H22N4O2/c25-23(29)22(18-8-4-13-26-16-18)20-10-11-21(17-6-2-1-3-7-17)28-24(20)27-14-12-19-9-5-15-30-19/h1-11,13,15-16,22H,12,14H2,(H2,25,29)(H,27,28). The zero-order valence-corrected chi connectivity index (χ0v) is 16.4. The molecule has 0 aliphatic carbocycles. The van der Waals surface area contributed by atoms with E-state index in [2.05, 4.69) is 10.3 Å². The first-order valence-electron chi connectivity index (χ1n) is 9.74. The summed E-state index contributed by atoms with van der Waals surface area (Å²) >= 11 is 0. The Morgan fingerprint density at radius 3 is 2.60 bits per heavy atom. The Labute approximate surface area is 174 Å². The molecule has 1 unspecified atom stereocenters. The molecule has 6 heteroatoms. The molecule has 6 nitrogen and oxygen atoms in total. The summed E-state index contributed by atoms with van der Waals surface area (Å²) in [5, 5.41) is 3.37. The van der Waals surface area contributed by atoms with Crippen molar-refractivity contribution in [3.8, 4) is 11.3 Å². The Kier molecular flexibility index (Phi) is 5.85. The summed E-state index contributed by atoms with van der Waals surface area (Å²) in [7, 11) is 0.